The van der Waals surface area contributed by atoms with E-state index < -0.39 is 0 Å². The Morgan fingerprint density at radius 1 is 1.50 bits per heavy atom. The van der Waals surface area contributed by atoms with Crippen LogP contribution in [-0.4, -0.2) is 30.6 Å². The highest BCUT2D eigenvalue weighted by Crippen LogP contribution is 2.31. The van der Waals surface area contributed by atoms with Gasteiger partial charge in [0.2, 0.25) is 0 Å². The summed E-state index contributed by atoms with van der Waals surface area (Å²) in [6.07, 6.45) is 0. The molecule has 1 atom stereocenters. The molecule has 108 valence electrons. The Balaban J connectivity index is 2.24. The van der Waals surface area contributed by atoms with Gasteiger partial charge in [0.25, 0.3) is 0 Å². The smallest absolute Gasteiger partial charge is 0.123 e. The van der Waals surface area contributed by atoms with Gasteiger partial charge in [-0.05, 0) is 25.2 Å². The number of ether oxygens (including phenoxy) is 1. The Morgan fingerprint density at radius 2 is 2.30 bits per heavy atom. The monoisotopic (exact) mass is 355 g/mol. The maximum Gasteiger partial charge on any atom is 0.123 e. The van der Waals surface area contributed by atoms with Gasteiger partial charge in [0, 0.05) is 28.5 Å². The van der Waals surface area contributed by atoms with E-state index in [1.807, 2.05) is 17.6 Å². The van der Waals surface area contributed by atoms with E-state index in [0.717, 1.165) is 28.0 Å². The van der Waals surface area contributed by atoms with E-state index in [1.54, 1.807) is 18.4 Å². The third kappa shape index (κ3) is 3.58. The SMILES string of the molecule is COc1ccc(Br)cc1C(CN)N(C)Cc1cscn1. The van der Waals surface area contributed by atoms with Crippen molar-refractivity contribution in [2.24, 2.45) is 5.73 Å². The highest BCUT2D eigenvalue weighted by molar-refractivity contribution is 9.10. The maximum atomic E-state index is 5.98. The van der Waals surface area contributed by atoms with Gasteiger partial charge in [-0.2, -0.15) is 0 Å². The van der Waals surface area contributed by atoms with Crippen LogP contribution in [0.2, 0.25) is 0 Å². The number of nitrogens with two attached hydrogens (primary N) is 1. The van der Waals surface area contributed by atoms with Crippen molar-refractivity contribution >= 4 is 27.3 Å². The molecule has 1 heterocycles. The van der Waals surface area contributed by atoms with Crippen LogP contribution in [0.5, 0.6) is 5.75 Å². The lowest BCUT2D eigenvalue weighted by Gasteiger charge is -2.28. The normalized spacial score (nSPS) is 12.7. The van der Waals surface area contributed by atoms with E-state index in [4.69, 9.17) is 10.5 Å². The number of aromatic nitrogens is 1. The number of nitrogens with zero attached hydrogens (tertiary/aromatic N) is 2. The summed E-state index contributed by atoms with van der Waals surface area (Å²) in [5.41, 5.74) is 9.97. The van der Waals surface area contributed by atoms with Gasteiger partial charge in [0.15, 0.2) is 0 Å². The maximum absolute atomic E-state index is 5.98. The molecular weight excluding hydrogens is 338 g/mol. The molecule has 0 aliphatic carbocycles. The van der Waals surface area contributed by atoms with Gasteiger partial charge in [0.05, 0.1) is 24.4 Å². The zero-order valence-corrected chi connectivity index (χ0v) is 13.9. The largest absolute Gasteiger partial charge is 0.496 e. The van der Waals surface area contributed by atoms with E-state index >= 15 is 0 Å². The Labute approximate surface area is 131 Å². The first kappa shape index (κ1) is 15.4. The molecule has 0 amide bonds. The van der Waals surface area contributed by atoms with Crippen molar-refractivity contribution in [3.63, 3.8) is 0 Å². The van der Waals surface area contributed by atoms with Gasteiger partial charge in [-0.25, -0.2) is 4.98 Å². The predicted octanol–water partition coefficient (Wildman–Crippen LogP) is 3.05. The van der Waals surface area contributed by atoms with Crippen molar-refractivity contribution in [3.8, 4) is 5.75 Å². The fraction of sp³-hybridized carbons (Fsp3) is 0.357. The van der Waals surface area contributed by atoms with Crippen molar-refractivity contribution < 1.29 is 4.74 Å². The Kier molecular flexibility index (Phi) is 5.54. The molecule has 0 fully saturated rings. The van der Waals surface area contributed by atoms with Crippen molar-refractivity contribution in [2.45, 2.75) is 12.6 Å². The van der Waals surface area contributed by atoms with Crippen LogP contribution in [0.1, 0.15) is 17.3 Å². The summed E-state index contributed by atoms with van der Waals surface area (Å²) in [5, 5.41) is 2.06. The molecule has 0 aliphatic heterocycles. The van der Waals surface area contributed by atoms with E-state index in [2.05, 4.69) is 44.3 Å². The highest BCUT2D eigenvalue weighted by Gasteiger charge is 2.20. The van der Waals surface area contributed by atoms with Crippen LogP contribution in [0.4, 0.5) is 0 Å². The molecule has 0 bridgehead atoms. The van der Waals surface area contributed by atoms with Crippen LogP contribution < -0.4 is 10.5 Å². The zero-order valence-electron chi connectivity index (χ0n) is 11.5. The molecule has 4 nitrogen and oxygen atoms in total. The first-order chi connectivity index (χ1) is 9.65. The summed E-state index contributed by atoms with van der Waals surface area (Å²) in [7, 11) is 3.73. The molecule has 2 aromatic rings. The van der Waals surface area contributed by atoms with Gasteiger partial charge >= 0.3 is 0 Å². The van der Waals surface area contributed by atoms with Crippen molar-refractivity contribution in [1.82, 2.24) is 9.88 Å². The van der Waals surface area contributed by atoms with Crippen LogP contribution in [0.25, 0.3) is 0 Å². The second kappa shape index (κ2) is 7.17. The molecule has 1 aromatic carbocycles. The molecule has 2 rings (SSSR count). The van der Waals surface area contributed by atoms with Crippen molar-refractivity contribution in [1.29, 1.82) is 0 Å². The second-order valence-corrected chi connectivity index (χ2v) is 6.17. The second-order valence-electron chi connectivity index (χ2n) is 4.53. The Morgan fingerprint density at radius 3 is 2.90 bits per heavy atom. The first-order valence-electron chi connectivity index (χ1n) is 6.26. The summed E-state index contributed by atoms with van der Waals surface area (Å²) in [6, 6.07) is 6.08. The number of hydrogen-bond donors (Lipinski definition) is 1. The number of hydrogen-bond acceptors (Lipinski definition) is 5. The lowest BCUT2D eigenvalue weighted by Crippen LogP contribution is -2.30. The van der Waals surface area contributed by atoms with Crippen LogP contribution in [-0.2, 0) is 6.54 Å². The van der Waals surface area contributed by atoms with E-state index in [0.29, 0.717) is 6.54 Å². The lowest BCUT2D eigenvalue weighted by atomic mass is 10.0. The number of rotatable bonds is 6. The molecule has 6 heteroatoms. The standard InChI is InChI=1S/C14H18BrN3OS/c1-18(7-11-8-20-9-17-11)13(6-16)12-5-10(15)3-4-14(12)19-2/h3-5,8-9,13H,6-7,16H2,1-2H3. The summed E-state index contributed by atoms with van der Waals surface area (Å²) in [4.78, 5) is 6.52. The summed E-state index contributed by atoms with van der Waals surface area (Å²) in [6.45, 7) is 1.29. The number of methoxy groups -OCH3 is 1. The zero-order chi connectivity index (χ0) is 14.5. The molecule has 0 saturated carbocycles. The first-order valence-corrected chi connectivity index (χ1v) is 8.00. The topological polar surface area (TPSA) is 51.4 Å². The van der Waals surface area contributed by atoms with E-state index in [1.165, 1.54) is 0 Å². The van der Waals surface area contributed by atoms with E-state index in [-0.39, 0.29) is 6.04 Å². The van der Waals surface area contributed by atoms with Gasteiger partial charge in [-0.3, -0.25) is 4.90 Å². The number of halogens is 1. The van der Waals surface area contributed by atoms with Crippen LogP contribution in [0.3, 0.4) is 0 Å². The Bertz CT molecular complexity index is 547. The fourth-order valence-electron chi connectivity index (χ4n) is 2.19. The van der Waals surface area contributed by atoms with Crippen LogP contribution in [0, 0.1) is 0 Å². The molecule has 1 unspecified atom stereocenters. The van der Waals surface area contributed by atoms with Crippen LogP contribution in [0.15, 0.2) is 33.6 Å². The molecule has 2 N–H and O–H groups in total. The summed E-state index contributed by atoms with van der Waals surface area (Å²) < 4.78 is 6.47. The molecular formula is C14H18BrN3OS. The predicted molar refractivity (Wildman–Crippen MR) is 86.1 cm³/mol. The average Bonchev–Trinajstić information content (AvgIpc) is 2.93. The van der Waals surface area contributed by atoms with Gasteiger partial charge < -0.3 is 10.5 Å². The molecule has 0 saturated heterocycles. The molecule has 1 aromatic heterocycles. The molecule has 0 aliphatic rings. The van der Waals surface area contributed by atoms with Crippen molar-refractivity contribution in [3.05, 3.63) is 44.8 Å². The third-order valence-corrected chi connectivity index (χ3v) is 4.33. The summed E-state index contributed by atoms with van der Waals surface area (Å²) in [5.74, 6) is 0.855. The number of thiazole rings is 1. The molecule has 0 spiro atoms. The quantitative estimate of drug-likeness (QED) is 0.864. The minimum Gasteiger partial charge on any atom is -0.496 e. The lowest BCUT2D eigenvalue weighted by molar-refractivity contribution is 0.234. The van der Waals surface area contributed by atoms with E-state index in [9.17, 15) is 0 Å². The summed E-state index contributed by atoms with van der Waals surface area (Å²) >= 11 is 5.11. The Hall–Kier alpha value is -0.950. The minimum absolute atomic E-state index is 0.0872. The van der Waals surface area contributed by atoms with Gasteiger partial charge in [0.1, 0.15) is 5.75 Å². The van der Waals surface area contributed by atoms with Gasteiger partial charge in [-0.1, -0.05) is 15.9 Å². The number of likely N-dealkylation sites (N-methyl/N-ethyl adjacent to an activating group) is 1. The fourth-order valence-corrected chi connectivity index (χ4v) is 3.12. The highest BCUT2D eigenvalue weighted by atomic mass is 79.9. The molecule has 0 radical (unpaired) electrons. The van der Waals surface area contributed by atoms with Crippen molar-refractivity contribution in [2.75, 3.05) is 20.7 Å². The molecule has 20 heavy (non-hydrogen) atoms. The minimum atomic E-state index is 0.0872. The average molecular weight is 356 g/mol. The number of benzene rings is 1. The van der Waals surface area contributed by atoms with Crippen LogP contribution >= 0.6 is 27.3 Å². The van der Waals surface area contributed by atoms with Gasteiger partial charge in [-0.15, -0.1) is 11.3 Å². The third-order valence-electron chi connectivity index (χ3n) is 3.20.